The molecule has 0 radical (unpaired) electrons. The highest BCUT2D eigenvalue weighted by molar-refractivity contribution is 6.15. The molecule has 0 aromatic heterocycles. The van der Waals surface area contributed by atoms with Crippen LogP contribution in [0, 0.1) is 6.92 Å². The monoisotopic (exact) mass is 267 g/mol. The van der Waals surface area contributed by atoms with Crippen molar-refractivity contribution in [1.29, 1.82) is 0 Å². The van der Waals surface area contributed by atoms with E-state index in [2.05, 4.69) is 25.1 Å². The van der Waals surface area contributed by atoms with Crippen molar-refractivity contribution in [3.05, 3.63) is 42.0 Å². The molecule has 3 rings (SSSR count). The average molecular weight is 267 g/mol. The molecule has 0 spiro atoms. The normalized spacial score (nSPS) is 10.9. The van der Waals surface area contributed by atoms with Crippen LogP contribution in [0.2, 0.25) is 0 Å². The molecule has 3 aromatic rings. The molecule has 20 heavy (non-hydrogen) atoms. The van der Waals surface area contributed by atoms with Crippen LogP contribution in [0.5, 0.6) is 11.5 Å². The minimum Gasteiger partial charge on any atom is -0.493 e. The molecule has 0 aliphatic carbocycles. The second-order valence-electron chi connectivity index (χ2n) is 4.91. The number of hydrogen-bond acceptors (Lipinski definition) is 3. The van der Waals surface area contributed by atoms with Crippen LogP contribution in [-0.4, -0.2) is 14.2 Å². The Labute approximate surface area is 117 Å². The van der Waals surface area contributed by atoms with E-state index in [4.69, 9.17) is 15.2 Å². The molecule has 3 aromatic carbocycles. The van der Waals surface area contributed by atoms with E-state index in [1.807, 2.05) is 18.2 Å². The summed E-state index contributed by atoms with van der Waals surface area (Å²) in [5.41, 5.74) is 8.13. The van der Waals surface area contributed by atoms with E-state index in [1.165, 1.54) is 5.56 Å². The van der Waals surface area contributed by atoms with Gasteiger partial charge in [0.1, 0.15) is 0 Å². The van der Waals surface area contributed by atoms with Gasteiger partial charge in [-0.2, -0.15) is 0 Å². The van der Waals surface area contributed by atoms with Crippen LogP contribution in [-0.2, 0) is 0 Å². The van der Waals surface area contributed by atoms with Crippen molar-refractivity contribution in [3.8, 4) is 11.5 Å². The lowest BCUT2D eigenvalue weighted by molar-refractivity contribution is 0.359. The SMILES string of the molecule is COc1ccc2cc(N)c3ccc(C)cc3c2c1OC. The Morgan fingerprint density at radius 2 is 1.70 bits per heavy atom. The molecule has 0 saturated carbocycles. The van der Waals surface area contributed by atoms with E-state index in [1.54, 1.807) is 14.2 Å². The number of rotatable bonds is 2. The van der Waals surface area contributed by atoms with Crippen LogP contribution in [0.4, 0.5) is 5.69 Å². The van der Waals surface area contributed by atoms with Crippen LogP contribution in [0.25, 0.3) is 21.5 Å². The van der Waals surface area contributed by atoms with Crippen molar-refractivity contribution in [3.63, 3.8) is 0 Å². The molecule has 0 atom stereocenters. The number of anilines is 1. The van der Waals surface area contributed by atoms with E-state index in [-0.39, 0.29) is 0 Å². The lowest BCUT2D eigenvalue weighted by Crippen LogP contribution is -1.94. The fourth-order valence-corrected chi connectivity index (χ4v) is 2.70. The summed E-state index contributed by atoms with van der Waals surface area (Å²) < 4.78 is 11.0. The number of fused-ring (bicyclic) bond motifs is 3. The van der Waals surface area contributed by atoms with Crippen LogP contribution in [0.3, 0.4) is 0 Å². The van der Waals surface area contributed by atoms with Gasteiger partial charge in [0.25, 0.3) is 0 Å². The largest absolute Gasteiger partial charge is 0.493 e. The van der Waals surface area contributed by atoms with Gasteiger partial charge in [0.15, 0.2) is 11.5 Å². The van der Waals surface area contributed by atoms with Gasteiger partial charge < -0.3 is 15.2 Å². The molecule has 0 heterocycles. The van der Waals surface area contributed by atoms with Gasteiger partial charge in [-0.3, -0.25) is 0 Å². The van der Waals surface area contributed by atoms with Crippen LogP contribution >= 0.6 is 0 Å². The maximum absolute atomic E-state index is 6.16. The number of benzene rings is 3. The van der Waals surface area contributed by atoms with Crippen molar-refractivity contribution < 1.29 is 9.47 Å². The molecule has 3 heteroatoms. The smallest absolute Gasteiger partial charge is 0.169 e. The second-order valence-corrected chi connectivity index (χ2v) is 4.91. The van der Waals surface area contributed by atoms with E-state index >= 15 is 0 Å². The summed E-state index contributed by atoms with van der Waals surface area (Å²) in [6, 6.07) is 12.2. The Kier molecular flexibility index (Phi) is 2.90. The summed E-state index contributed by atoms with van der Waals surface area (Å²) in [5.74, 6) is 1.48. The number of nitrogens with two attached hydrogens (primary N) is 1. The molecule has 0 bridgehead atoms. The van der Waals surface area contributed by atoms with E-state index in [0.717, 1.165) is 38.7 Å². The predicted octanol–water partition coefficient (Wildman–Crippen LogP) is 3.90. The number of hydrogen-bond donors (Lipinski definition) is 1. The first kappa shape index (κ1) is 12.6. The van der Waals surface area contributed by atoms with Gasteiger partial charge in [0, 0.05) is 16.5 Å². The van der Waals surface area contributed by atoms with Gasteiger partial charge in [0.05, 0.1) is 14.2 Å². The molecule has 0 saturated heterocycles. The van der Waals surface area contributed by atoms with Crippen molar-refractivity contribution in [1.82, 2.24) is 0 Å². The first-order valence-electron chi connectivity index (χ1n) is 6.49. The molecule has 0 unspecified atom stereocenters. The topological polar surface area (TPSA) is 44.5 Å². The second kappa shape index (κ2) is 4.60. The zero-order chi connectivity index (χ0) is 14.3. The van der Waals surface area contributed by atoms with Crippen molar-refractivity contribution in [2.24, 2.45) is 0 Å². The van der Waals surface area contributed by atoms with Gasteiger partial charge in [-0.1, -0.05) is 29.8 Å². The first-order valence-corrected chi connectivity index (χ1v) is 6.49. The molecule has 0 amide bonds. The quantitative estimate of drug-likeness (QED) is 0.565. The third kappa shape index (κ3) is 1.74. The highest BCUT2D eigenvalue weighted by Crippen LogP contribution is 2.41. The first-order chi connectivity index (χ1) is 9.65. The summed E-state index contributed by atoms with van der Waals surface area (Å²) in [6.07, 6.45) is 0. The minimum absolute atomic E-state index is 0.729. The summed E-state index contributed by atoms with van der Waals surface area (Å²) in [7, 11) is 3.31. The predicted molar refractivity (Wildman–Crippen MR) is 83.7 cm³/mol. The highest BCUT2D eigenvalue weighted by atomic mass is 16.5. The third-order valence-corrected chi connectivity index (χ3v) is 3.64. The molecular weight excluding hydrogens is 250 g/mol. The van der Waals surface area contributed by atoms with E-state index in [9.17, 15) is 0 Å². The number of ether oxygens (including phenoxy) is 2. The number of methoxy groups -OCH3 is 2. The van der Waals surface area contributed by atoms with Crippen LogP contribution < -0.4 is 15.2 Å². The Morgan fingerprint density at radius 3 is 2.40 bits per heavy atom. The van der Waals surface area contributed by atoms with Crippen LogP contribution in [0.1, 0.15) is 5.56 Å². The van der Waals surface area contributed by atoms with Crippen LogP contribution in [0.15, 0.2) is 36.4 Å². The molecular formula is C17H17NO2. The minimum atomic E-state index is 0.729. The van der Waals surface area contributed by atoms with Gasteiger partial charge in [-0.15, -0.1) is 0 Å². The number of nitrogen functional groups attached to an aromatic ring is 1. The zero-order valence-corrected chi connectivity index (χ0v) is 11.9. The summed E-state index contributed by atoms with van der Waals surface area (Å²) in [6.45, 7) is 2.07. The molecule has 0 aliphatic rings. The van der Waals surface area contributed by atoms with Crippen molar-refractivity contribution in [2.45, 2.75) is 6.92 Å². The van der Waals surface area contributed by atoms with Crippen molar-refractivity contribution >= 4 is 27.2 Å². The fourth-order valence-electron chi connectivity index (χ4n) is 2.70. The average Bonchev–Trinajstić information content (AvgIpc) is 2.45. The molecule has 2 N–H and O–H groups in total. The molecule has 102 valence electrons. The summed E-state index contributed by atoms with van der Waals surface area (Å²) in [4.78, 5) is 0. The Bertz CT molecular complexity index is 809. The lowest BCUT2D eigenvalue weighted by Gasteiger charge is -2.14. The Morgan fingerprint density at radius 1 is 0.900 bits per heavy atom. The van der Waals surface area contributed by atoms with Gasteiger partial charge in [-0.25, -0.2) is 0 Å². The maximum atomic E-state index is 6.16. The standard InChI is InChI=1S/C17H17NO2/c1-10-4-6-12-13(8-10)16-11(9-14(12)18)5-7-15(19-2)17(16)20-3/h4-9H,18H2,1-3H3. The highest BCUT2D eigenvalue weighted by Gasteiger charge is 2.13. The molecule has 3 nitrogen and oxygen atoms in total. The van der Waals surface area contributed by atoms with E-state index < -0.39 is 0 Å². The third-order valence-electron chi connectivity index (χ3n) is 3.64. The van der Waals surface area contributed by atoms with Gasteiger partial charge in [0.2, 0.25) is 0 Å². The van der Waals surface area contributed by atoms with Crippen molar-refractivity contribution in [2.75, 3.05) is 20.0 Å². The van der Waals surface area contributed by atoms with E-state index in [0.29, 0.717) is 0 Å². The lowest BCUT2D eigenvalue weighted by atomic mass is 9.98. The fraction of sp³-hybridized carbons (Fsp3) is 0.176. The molecule has 0 fully saturated rings. The summed E-state index contributed by atoms with van der Waals surface area (Å²) in [5, 5.41) is 4.23. The zero-order valence-electron chi connectivity index (χ0n) is 11.9. The Balaban J connectivity index is 2.58. The Hall–Kier alpha value is -2.42. The molecule has 0 aliphatic heterocycles. The summed E-state index contributed by atoms with van der Waals surface area (Å²) >= 11 is 0. The van der Waals surface area contributed by atoms with Gasteiger partial charge >= 0.3 is 0 Å². The number of aryl methyl sites for hydroxylation is 1. The maximum Gasteiger partial charge on any atom is 0.169 e. The van der Waals surface area contributed by atoms with Gasteiger partial charge in [-0.05, 0) is 29.8 Å².